The molecular formula is C11H17NO2. The summed E-state index contributed by atoms with van der Waals surface area (Å²) in [6, 6.07) is -0.353. The average Bonchev–Trinajstić information content (AvgIpc) is 2.81. The summed E-state index contributed by atoms with van der Waals surface area (Å²) in [6.45, 7) is 6.17. The van der Waals surface area contributed by atoms with Gasteiger partial charge in [0.25, 0.3) is 0 Å². The first-order chi connectivity index (χ1) is 6.58. The lowest BCUT2D eigenvalue weighted by atomic mass is 9.80. The van der Waals surface area contributed by atoms with Crippen LogP contribution in [0.1, 0.15) is 32.6 Å². The van der Waals surface area contributed by atoms with Gasteiger partial charge in [-0.3, -0.25) is 10.1 Å². The number of rotatable bonds is 2. The van der Waals surface area contributed by atoms with Gasteiger partial charge in [-0.25, -0.2) is 0 Å². The molecule has 3 nitrogen and oxygen atoms in total. The molecule has 0 spiro atoms. The van der Waals surface area contributed by atoms with Crippen LogP contribution in [-0.4, -0.2) is 11.0 Å². The Balaban J connectivity index is 1.99. The zero-order valence-corrected chi connectivity index (χ0v) is 8.61. The molecule has 4 atom stereocenters. The van der Waals surface area contributed by atoms with Crippen LogP contribution in [0.4, 0.5) is 0 Å². The molecule has 2 fully saturated rings. The van der Waals surface area contributed by atoms with Crippen LogP contribution in [-0.2, 0) is 0 Å². The van der Waals surface area contributed by atoms with Crippen LogP contribution < -0.4 is 0 Å². The normalized spacial score (nSPS) is 42.2. The van der Waals surface area contributed by atoms with E-state index in [1.165, 1.54) is 6.42 Å². The quantitative estimate of drug-likeness (QED) is 0.386. The second-order valence-corrected chi connectivity index (χ2v) is 4.97. The van der Waals surface area contributed by atoms with E-state index in [0.29, 0.717) is 12.3 Å². The Hall–Kier alpha value is -0.860. The van der Waals surface area contributed by atoms with E-state index in [2.05, 4.69) is 13.5 Å². The molecule has 2 unspecified atom stereocenters. The van der Waals surface area contributed by atoms with Gasteiger partial charge in [0.1, 0.15) is 0 Å². The first kappa shape index (κ1) is 9.69. The van der Waals surface area contributed by atoms with E-state index >= 15 is 0 Å². The fraction of sp³-hybridized carbons (Fsp3) is 0.818. The average molecular weight is 195 g/mol. The van der Waals surface area contributed by atoms with Gasteiger partial charge in [-0.2, -0.15) is 0 Å². The van der Waals surface area contributed by atoms with Gasteiger partial charge < -0.3 is 0 Å². The molecule has 2 rings (SSSR count). The van der Waals surface area contributed by atoms with Crippen LogP contribution in [0.5, 0.6) is 0 Å². The molecule has 0 radical (unpaired) electrons. The molecule has 0 aliphatic heterocycles. The third kappa shape index (κ3) is 1.81. The molecular weight excluding hydrogens is 178 g/mol. The standard InChI is InChI=1S/C11H17NO2/c1-7-3-9(11-5-8(11)2)6-10(4-7)12(13)14/h8-11H,1,3-6H2,2H3/t8?,9-,10?,11+/m1/s1. The summed E-state index contributed by atoms with van der Waals surface area (Å²) < 4.78 is 0. The van der Waals surface area contributed by atoms with Crippen molar-refractivity contribution in [3.05, 3.63) is 22.3 Å². The summed E-state index contributed by atoms with van der Waals surface area (Å²) in [6.07, 6.45) is 3.67. The topological polar surface area (TPSA) is 43.1 Å². The van der Waals surface area contributed by atoms with Crippen LogP contribution in [0.3, 0.4) is 0 Å². The maximum Gasteiger partial charge on any atom is 0.217 e. The molecule has 78 valence electrons. The zero-order chi connectivity index (χ0) is 10.3. The second kappa shape index (κ2) is 3.37. The fourth-order valence-electron chi connectivity index (χ4n) is 2.80. The van der Waals surface area contributed by atoms with Crippen molar-refractivity contribution in [3.8, 4) is 0 Å². The van der Waals surface area contributed by atoms with Gasteiger partial charge in [0.2, 0.25) is 6.04 Å². The van der Waals surface area contributed by atoms with Crippen LogP contribution in [0.2, 0.25) is 0 Å². The molecule has 0 heterocycles. The van der Waals surface area contributed by atoms with Crippen molar-refractivity contribution in [2.45, 2.75) is 38.6 Å². The Bertz CT molecular complexity index is 274. The Kier molecular flexibility index (Phi) is 2.33. The Morgan fingerprint density at radius 1 is 1.43 bits per heavy atom. The molecule has 0 N–H and O–H groups in total. The van der Waals surface area contributed by atoms with Crippen LogP contribution >= 0.6 is 0 Å². The summed E-state index contributed by atoms with van der Waals surface area (Å²) in [5, 5.41) is 10.7. The van der Waals surface area contributed by atoms with Crippen LogP contribution in [0.15, 0.2) is 12.2 Å². The summed E-state index contributed by atoms with van der Waals surface area (Å²) in [5.41, 5.74) is 1.09. The zero-order valence-electron chi connectivity index (χ0n) is 8.61. The molecule has 2 saturated carbocycles. The highest BCUT2D eigenvalue weighted by molar-refractivity contribution is 5.06. The first-order valence-electron chi connectivity index (χ1n) is 5.38. The van der Waals surface area contributed by atoms with E-state index in [0.717, 1.165) is 30.3 Å². The van der Waals surface area contributed by atoms with Gasteiger partial charge in [0.15, 0.2) is 0 Å². The Morgan fingerprint density at radius 3 is 2.57 bits per heavy atom. The molecule has 3 heteroatoms. The van der Waals surface area contributed by atoms with E-state index in [1.807, 2.05) is 0 Å². The number of hydrogen-bond acceptors (Lipinski definition) is 2. The van der Waals surface area contributed by atoms with Crippen LogP contribution in [0, 0.1) is 27.9 Å². The summed E-state index contributed by atoms with van der Waals surface area (Å²) >= 11 is 0. The van der Waals surface area contributed by atoms with E-state index in [-0.39, 0.29) is 11.0 Å². The molecule has 0 aromatic rings. The molecule has 0 aromatic heterocycles. The lowest BCUT2D eigenvalue weighted by Crippen LogP contribution is -2.29. The van der Waals surface area contributed by atoms with E-state index < -0.39 is 0 Å². The van der Waals surface area contributed by atoms with Crippen molar-refractivity contribution in [2.75, 3.05) is 0 Å². The van der Waals surface area contributed by atoms with E-state index in [4.69, 9.17) is 0 Å². The minimum absolute atomic E-state index is 0.121. The predicted octanol–water partition coefficient (Wildman–Crippen LogP) is 2.64. The van der Waals surface area contributed by atoms with Crippen molar-refractivity contribution < 1.29 is 4.92 Å². The van der Waals surface area contributed by atoms with Crippen molar-refractivity contribution in [3.63, 3.8) is 0 Å². The fourth-order valence-corrected chi connectivity index (χ4v) is 2.80. The number of nitro groups is 1. The Morgan fingerprint density at radius 2 is 2.07 bits per heavy atom. The third-order valence-corrected chi connectivity index (χ3v) is 3.73. The van der Waals surface area contributed by atoms with Gasteiger partial charge in [-0.05, 0) is 30.6 Å². The van der Waals surface area contributed by atoms with Gasteiger partial charge in [-0.15, -0.1) is 0 Å². The van der Waals surface area contributed by atoms with Gasteiger partial charge in [0, 0.05) is 17.8 Å². The second-order valence-electron chi connectivity index (χ2n) is 4.97. The molecule has 0 aromatic carbocycles. The molecule has 0 bridgehead atoms. The highest BCUT2D eigenvalue weighted by Crippen LogP contribution is 2.49. The maximum atomic E-state index is 10.7. The van der Waals surface area contributed by atoms with Gasteiger partial charge in [-0.1, -0.05) is 19.1 Å². The smallest absolute Gasteiger partial charge is 0.217 e. The summed E-state index contributed by atoms with van der Waals surface area (Å²) in [4.78, 5) is 10.6. The highest BCUT2D eigenvalue weighted by atomic mass is 16.6. The van der Waals surface area contributed by atoms with Crippen molar-refractivity contribution in [2.24, 2.45) is 17.8 Å². The molecule has 0 amide bonds. The minimum Gasteiger partial charge on any atom is -0.264 e. The third-order valence-electron chi connectivity index (χ3n) is 3.73. The highest BCUT2D eigenvalue weighted by Gasteiger charge is 2.44. The monoisotopic (exact) mass is 195 g/mol. The van der Waals surface area contributed by atoms with Crippen molar-refractivity contribution >= 4 is 0 Å². The SMILES string of the molecule is C=C1CC([N+](=O)[O-])C[C@H]([C@H]2CC2C)C1. The lowest BCUT2D eigenvalue weighted by molar-refractivity contribution is -0.526. The predicted molar refractivity (Wildman–Crippen MR) is 54.5 cm³/mol. The first-order valence-corrected chi connectivity index (χ1v) is 5.38. The van der Waals surface area contributed by atoms with Gasteiger partial charge >= 0.3 is 0 Å². The Labute approximate surface area is 84.3 Å². The summed E-state index contributed by atoms with van der Waals surface area (Å²) in [7, 11) is 0. The van der Waals surface area contributed by atoms with E-state index in [1.54, 1.807) is 0 Å². The number of nitrogens with zero attached hydrogens (tertiary/aromatic N) is 1. The largest absolute Gasteiger partial charge is 0.264 e. The molecule has 2 aliphatic rings. The number of hydrogen-bond donors (Lipinski definition) is 0. The maximum absolute atomic E-state index is 10.7. The lowest BCUT2D eigenvalue weighted by Gasteiger charge is -2.26. The molecule has 14 heavy (non-hydrogen) atoms. The summed E-state index contributed by atoms with van der Waals surface area (Å²) in [5.74, 6) is 2.08. The molecule has 2 aliphatic carbocycles. The van der Waals surface area contributed by atoms with Crippen LogP contribution in [0.25, 0.3) is 0 Å². The van der Waals surface area contributed by atoms with Crippen molar-refractivity contribution in [1.29, 1.82) is 0 Å². The van der Waals surface area contributed by atoms with E-state index in [9.17, 15) is 10.1 Å². The van der Waals surface area contributed by atoms with Gasteiger partial charge in [0.05, 0.1) is 0 Å². The minimum atomic E-state index is -0.353. The molecule has 0 saturated heterocycles. The van der Waals surface area contributed by atoms with Crippen molar-refractivity contribution in [1.82, 2.24) is 0 Å².